The van der Waals surface area contributed by atoms with Crippen LogP contribution in [0.5, 0.6) is 5.75 Å². The van der Waals surface area contributed by atoms with E-state index in [9.17, 15) is 0 Å². The first kappa shape index (κ1) is 17.2. The minimum Gasteiger partial charge on any atom is -0.494 e. The largest absolute Gasteiger partial charge is 0.494 e. The average molecular weight is 373 g/mol. The summed E-state index contributed by atoms with van der Waals surface area (Å²) in [5.41, 5.74) is 3.72. The molecule has 0 atom stereocenters. The number of aromatic nitrogens is 1. The standard InChI is InChI=1S/C22H19N3OS/c1-2-26-19-11-9-17(10-12-19)23-22(27)24-18-8-7-16-13-15-5-3-4-6-20(15)25-21(16)14-18/h3-14H,2H2,1H3,(H2,23,24,27). The number of rotatable bonds is 4. The first-order chi connectivity index (χ1) is 13.2. The van der Waals surface area contributed by atoms with Crippen LogP contribution in [-0.4, -0.2) is 16.7 Å². The van der Waals surface area contributed by atoms with E-state index in [2.05, 4.69) is 28.8 Å². The van der Waals surface area contributed by atoms with Crippen LogP contribution in [0.1, 0.15) is 6.92 Å². The second kappa shape index (κ2) is 7.60. The highest BCUT2D eigenvalue weighted by molar-refractivity contribution is 7.80. The van der Waals surface area contributed by atoms with Crippen molar-refractivity contribution in [2.24, 2.45) is 0 Å². The molecule has 5 heteroatoms. The molecule has 4 aromatic rings. The van der Waals surface area contributed by atoms with Crippen molar-refractivity contribution in [3.8, 4) is 5.75 Å². The molecule has 0 aliphatic rings. The van der Waals surface area contributed by atoms with Gasteiger partial charge < -0.3 is 15.4 Å². The van der Waals surface area contributed by atoms with Crippen molar-refractivity contribution in [3.63, 3.8) is 0 Å². The Labute approximate surface area is 163 Å². The summed E-state index contributed by atoms with van der Waals surface area (Å²) in [6.07, 6.45) is 0. The number of pyridine rings is 1. The molecule has 27 heavy (non-hydrogen) atoms. The number of para-hydroxylation sites is 1. The number of anilines is 2. The molecule has 4 nitrogen and oxygen atoms in total. The molecule has 0 fully saturated rings. The molecule has 0 unspecified atom stereocenters. The van der Waals surface area contributed by atoms with Gasteiger partial charge in [-0.3, -0.25) is 0 Å². The zero-order valence-corrected chi connectivity index (χ0v) is 15.7. The third-order valence-electron chi connectivity index (χ3n) is 4.20. The maximum absolute atomic E-state index is 5.45. The summed E-state index contributed by atoms with van der Waals surface area (Å²) >= 11 is 5.43. The fraction of sp³-hybridized carbons (Fsp3) is 0.0909. The van der Waals surface area contributed by atoms with Crippen LogP contribution in [0, 0.1) is 0 Å². The summed E-state index contributed by atoms with van der Waals surface area (Å²) in [5.74, 6) is 0.842. The van der Waals surface area contributed by atoms with Gasteiger partial charge in [0.15, 0.2) is 5.11 Å². The lowest BCUT2D eigenvalue weighted by Gasteiger charge is -2.12. The van der Waals surface area contributed by atoms with Crippen molar-refractivity contribution in [2.75, 3.05) is 17.2 Å². The molecule has 0 saturated carbocycles. The number of thiocarbonyl (C=S) groups is 1. The van der Waals surface area contributed by atoms with Gasteiger partial charge in [-0.25, -0.2) is 4.98 Å². The summed E-state index contributed by atoms with van der Waals surface area (Å²) in [4.78, 5) is 4.74. The summed E-state index contributed by atoms with van der Waals surface area (Å²) < 4.78 is 5.45. The molecule has 0 aliphatic carbocycles. The van der Waals surface area contributed by atoms with E-state index < -0.39 is 0 Å². The predicted molar refractivity (Wildman–Crippen MR) is 117 cm³/mol. The minimum absolute atomic E-state index is 0.527. The van der Waals surface area contributed by atoms with Gasteiger partial charge in [0, 0.05) is 22.1 Å². The SMILES string of the molecule is CCOc1ccc(NC(=S)Nc2ccc3cc4ccccc4nc3c2)cc1. The number of hydrogen-bond acceptors (Lipinski definition) is 3. The zero-order chi connectivity index (χ0) is 18.6. The summed E-state index contributed by atoms with van der Waals surface area (Å²) in [5, 5.41) is 9.17. The average Bonchev–Trinajstić information content (AvgIpc) is 2.68. The Kier molecular flexibility index (Phi) is 4.85. The molecule has 2 N–H and O–H groups in total. The van der Waals surface area contributed by atoms with E-state index in [0.29, 0.717) is 11.7 Å². The van der Waals surface area contributed by atoms with E-state index >= 15 is 0 Å². The monoisotopic (exact) mass is 373 g/mol. The number of benzene rings is 3. The minimum atomic E-state index is 0.527. The Hall–Kier alpha value is -3.18. The van der Waals surface area contributed by atoms with Crippen molar-refractivity contribution in [1.29, 1.82) is 0 Å². The van der Waals surface area contributed by atoms with E-state index in [1.165, 1.54) is 0 Å². The van der Waals surface area contributed by atoms with Gasteiger partial charge in [0.2, 0.25) is 0 Å². The molecule has 0 saturated heterocycles. The van der Waals surface area contributed by atoms with Gasteiger partial charge in [-0.2, -0.15) is 0 Å². The molecule has 4 rings (SSSR count). The van der Waals surface area contributed by atoms with Gasteiger partial charge in [-0.1, -0.05) is 24.3 Å². The number of nitrogens with zero attached hydrogens (tertiary/aromatic N) is 1. The molecule has 0 radical (unpaired) electrons. The number of nitrogens with one attached hydrogen (secondary N) is 2. The molecule has 0 bridgehead atoms. The molecular formula is C22H19N3OS. The Balaban J connectivity index is 1.50. The Morgan fingerprint density at radius 2 is 1.56 bits per heavy atom. The highest BCUT2D eigenvalue weighted by atomic mass is 32.1. The Morgan fingerprint density at radius 1 is 0.852 bits per heavy atom. The normalized spacial score (nSPS) is 10.7. The molecule has 0 spiro atoms. The van der Waals surface area contributed by atoms with Gasteiger partial charge in [0.1, 0.15) is 5.75 Å². The van der Waals surface area contributed by atoms with Gasteiger partial charge in [-0.05, 0) is 67.7 Å². The van der Waals surface area contributed by atoms with Crippen molar-refractivity contribution in [2.45, 2.75) is 6.92 Å². The lowest BCUT2D eigenvalue weighted by atomic mass is 10.1. The van der Waals surface area contributed by atoms with E-state index in [1.54, 1.807) is 0 Å². The predicted octanol–water partition coefficient (Wildman–Crippen LogP) is 5.60. The quantitative estimate of drug-likeness (QED) is 0.360. The molecule has 0 amide bonds. The lowest BCUT2D eigenvalue weighted by Crippen LogP contribution is -2.18. The van der Waals surface area contributed by atoms with Gasteiger partial charge in [0.05, 0.1) is 17.6 Å². The zero-order valence-electron chi connectivity index (χ0n) is 14.9. The van der Waals surface area contributed by atoms with E-state index in [-0.39, 0.29) is 0 Å². The topological polar surface area (TPSA) is 46.2 Å². The fourth-order valence-electron chi connectivity index (χ4n) is 2.94. The number of hydrogen-bond donors (Lipinski definition) is 2. The Bertz CT molecular complexity index is 1110. The highest BCUT2D eigenvalue weighted by Crippen LogP contribution is 2.23. The van der Waals surface area contributed by atoms with E-state index in [1.807, 2.05) is 61.5 Å². The van der Waals surface area contributed by atoms with Crippen molar-refractivity contribution >= 4 is 50.5 Å². The highest BCUT2D eigenvalue weighted by Gasteiger charge is 2.04. The first-order valence-electron chi connectivity index (χ1n) is 8.82. The maximum Gasteiger partial charge on any atom is 0.175 e. The molecule has 3 aromatic carbocycles. The summed E-state index contributed by atoms with van der Waals surface area (Å²) in [6.45, 7) is 2.62. The third-order valence-corrected chi connectivity index (χ3v) is 4.40. The smallest absolute Gasteiger partial charge is 0.175 e. The van der Waals surface area contributed by atoms with Crippen LogP contribution >= 0.6 is 12.2 Å². The van der Waals surface area contributed by atoms with Crippen LogP contribution in [0.4, 0.5) is 11.4 Å². The van der Waals surface area contributed by atoms with E-state index in [0.717, 1.165) is 38.9 Å². The van der Waals surface area contributed by atoms with Crippen LogP contribution < -0.4 is 15.4 Å². The molecule has 134 valence electrons. The second-order valence-electron chi connectivity index (χ2n) is 6.13. The molecule has 1 aromatic heterocycles. The van der Waals surface area contributed by atoms with Crippen LogP contribution in [0.3, 0.4) is 0 Å². The van der Waals surface area contributed by atoms with Crippen LogP contribution in [0.25, 0.3) is 21.8 Å². The van der Waals surface area contributed by atoms with Crippen LogP contribution in [0.15, 0.2) is 72.8 Å². The van der Waals surface area contributed by atoms with Crippen molar-refractivity contribution in [1.82, 2.24) is 4.98 Å². The fourth-order valence-corrected chi connectivity index (χ4v) is 3.18. The lowest BCUT2D eigenvalue weighted by molar-refractivity contribution is 0.340. The molecule has 0 aliphatic heterocycles. The first-order valence-corrected chi connectivity index (χ1v) is 9.22. The summed E-state index contributed by atoms with van der Waals surface area (Å²) in [7, 11) is 0. The summed E-state index contributed by atoms with van der Waals surface area (Å²) in [6, 6.07) is 24.0. The van der Waals surface area contributed by atoms with Gasteiger partial charge >= 0.3 is 0 Å². The van der Waals surface area contributed by atoms with Gasteiger partial charge in [-0.15, -0.1) is 0 Å². The molecular weight excluding hydrogens is 354 g/mol. The second-order valence-corrected chi connectivity index (χ2v) is 6.53. The Morgan fingerprint density at radius 3 is 2.37 bits per heavy atom. The van der Waals surface area contributed by atoms with Crippen molar-refractivity contribution in [3.05, 3.63) is 72.8 Å². The van der Waals surface area contributed by atoms with Crippen LogP contribution in [0.2, 0.25) is 0 Å². The number of fused-ring (bicyclic) bond motifs is 2. The van der Waals surface area contributed by atoms with Gasteiger partial charge in [0.25, 0.3) is 0 Å². The molecule has 1 heterocycles. The van der Waals surface area contributed by atoms with Crippen LogP contribution in [-0.2, 0) is 0 Å². The maximum atomic E-state index is 5.45. The number of ether oxygens (including phenoxy) is 1. The third kappa shape index (κ3) is 3.99. The van der Waals surface area contributed by atoms with Crippen molar-refractivity contribution < 1.29 is 4.74 Å². The van der Waals surface area contributed by atoms with E-state index in [4.69, 9.17) is 21.9 Å².